The van der Waals surface area contributed by atoms with E-state index in [0.717, 1.165) is 41.4 Å². The van der Waals surface area contributed by atoms with Crippen molar-refractivity contribution in [2.24, 2.45) is 0 Å². The van der Waals surface area contributed by atoms with Gasteiger partial charge in [-0.15, -0.1) is 6.58 Å². The standard InChI is InChI=1S/C24H25FN2/c1-3-7-20-16-21(11-10-19(20)9-6-4-5-8-18(2)25)22-12-13-23-24(17-22)27-15-14-26-23/h3,6,9-18H,1,4-5,7-8H2,2H3. The van der Waals surface area contributed by atoms with Crippen LogP contribution in [0, 0.1) is 0 Å². The van der Waals surface area contributed by atoms with Crippen molar-refractivity contribution in [2.75, 3.05) is 0 Å². The van der Waals surface area contributed by atoms with E-state index in [4.69, 9.17) is 0 Å². The topological polar surface area (TPSA) is 25.8 Å². The second-order valence-electron chi connectivity index (χ2n) is 6.78. The molecule has 0 fully saturated rings. The summed E-state index contributed by atoms with van der Waals surface area (Å²) in [6, 6.07) is 12.6. The highest BCUT2D eigenvalue weighted by Gasteiger charge is 2.05. The molecular formula is C24H25FN2. The predicted octanol–water partition coefficient (Wildman–Crippen LogP) is 6.57. The first kappa shape index (κ1) is 19.0. The van der Waals surface area contributed by atoms with Crippen LogP contribution in [-0.2, 0) is 6.42 Å². The molecule has 3 heteroatoms. The van der Waals surface area contributed by atoms with Gasteiger partial charge in [-0.05, 0) is 67.0 Å². The molecule has 0 aliphatic heterocycles. The molecule has 0 saturated heterocycles. The smallest absolute Gasteiger partial charge is 0.0973 e. The van der Waals surface area contributed by atoms with E-state index < -0.39 is 6.17 Å². The number of allylic oxidation sites excluding steroid dienone is 2. The fraction of sp³-hybridized carbons (Fsp3) is 0.250. The minimum absolute atomic E-state index is 0.619. The van der Waals surface area contributed by atoms with Crippen LogP contribution in [0.15, 0.2) is 67.5 Å². The van der Waals surface area contributed by atoms with Gasteiger partial charge in [0.15, 0.2) is 0 Å². The highest BCUT2D eigenvalue weighted by Crippen LogP contribution is 2.26. The lowest BCUT2D eigenvalue weighted by molar-refractivity contribution is 0.335. The lowest BCUT2D eigenvalue weighted by Gasteiger charge is -2.09. The Labute approximate surface area is 160 Å². The van der Waals surface area contributed by atoms with Crippen molar-refractivity contribution < 1.29 is 4.39 Å². The van der Waals surface area contributed by atoms with Gasteiger partial charge >= 0.3 is 0 Å². The zero-order chi connectivity index (χ0) is 19.1. The normalized spacial score (nSPS) is 12.5. The molecule has 2 nitrogen and oxygen atoms in total. The van der Waals surface area contributed by atoms with Crippen LogP contribution in [0.1, 0.15) is 37.3 Å². The summed E-state index contributed by atoms with van der Waals surface area (Å²) in [5.74, 6) is 0. The van der Waals surface area contributed by atoms with Gasteiger partial charge in [0.2, 0.25) is 0 Å². The van der Waals surface area contributed by atoms with Gasteiger partial charge in [0, 0.05) is 12.4 Å². The molecule has 1 heterocycles. The molecular weight excluding hydrogens is 335 g/mol. The van der Waals surface area contributed by atoms with Gasteiger partial charge in [0.25, 0.3) is 0 Å². The van der Waals surface area contributed by atoms with Gasteiger partial charge in [-0.3, -0.25) is 9.97 Å². The number of fused-ring (bicyclic) bond motifs is 1. The SMILES string of the molecule is C=CCc1cc(-c2ccc3nccnc3c2)ccc1C=CCCCC(C)F. The van der Waals surface area contributed by atoms with Crippen LogP contribution in [0.4, 0.5) is 4.39 Å². The van der Waals surface area contributed by atoms with Crippen molar-refractivity contribution in [2.45, 2.75) is 38.8 Å². The molecule has 0 amide bonds. The molecule has 0 radical (unpaired) electrons. The number of alkyl halides is 1. The number of unbranched alkanes of at least 4 members (excludes halogenated alkanes) is 1. The van der Waals surface area contributed by atoms with E-state index in [-0.39, 0.29) is 0 Å². The average Bonchev–Trinajstić information content (AvgIpc) is 2.68. The Hall–Kier alpha value is -2.81. The van der Waals surface area contributed by atoms with Gasteiger partial charge in [-0.2, -0.15) is 0 Å². The van der Waals surface area contributed by atoms with Crippen LogP contribution >= 0.6 is 0 Å². The third kappa shape index (κ3) is 5.10. The van der Waals surface area contributed by atoms with Crippen molar-refractivity contribution in [3.05, 3.63) is 78.6 Å². The fourth-order valence-corrected chi connectivity index (χ4v) is 3.15. The van der Waals surface area contributed by atoms with Crippen LogP contribution in [0.3, 0.4) is 0 Å². The monoisotopic (exact) mass is 360 g/mol. The van der Waals surface area contributed by atoms with Gasteiger partial charge in [-0.1, -0.05) is 42.5 Å². The van der Waals surface area contributed by atoms with Crippen LogP contribution in [0.2, 0.25) is 0 Å². The number of halogens is 1. The van der Waals surface area contributed by atoms with Crippen LogP contribution in [-0.4, -0.2) is 16.1 Å². The van der Waals surface area contributed by atoms with E-state index in [0.29, 0.717) is 6.42 Å². The van der Waals surface area contributed by atoms with E-state index in [1.807, 2.05) is 12.1 Å². The highest BCUT2D eigenvalue weighted by atomic mass is 19.1. The molecule has 1 unspecified atom stereocenters. The quantitative estimate of drug-likeness (QED) is 0.335. The van der Waals surface area contributed by atoms with Crippen LogP contribution in [0.25, 0.3) is 28.2 Å². The van der Waals surface area contributed by atoms with Crippen molar-refractivity contribution in [1.29, 1.82) is 0 Å². The maximum absolute atomic E-state index is 12.9. The molecule has 0 aliphatic carbocycles. The molecule has 1 atom stereocenters. The van der Waals surface area contributed by atoms with Crippen molar-refractivity contribution in [3.63, 3.8) is 0 Å². The van der Waals surface area contributed by atoms with E-state index in [1.165, 1.54) is 11.1 Å². The molecule has 27 heavy (non-hydrogen) atoms. The number of benzene rings is 2. The predicted molar refractivity (Wildman–Crippen MR) is 112 cm³/mol. The maximum atomic E-state index is 12.9. The second kappa shape index (κ2) is 9.22. The summed E-state index contributed by atoms with van der Waals surface area (Å²) >= 11 is 0. The Kier molecular flexibility index (Phi) is 6.48. The van der Waals surface area contributed by atoms with Crippen molar-refractivity contribution in [3.8, 4) is 11.1 Å². The number of nitrogens with zero attached hydrogens (tertiary/aromatic N) is 2. The summed E-state index contributed by atoms with van der Waals surface area (Å²) in [7, 11) is 0. The molecule has 138 valence electrons. The first-order valence-corrected chi connectivity index (χ1v) is 9.43. The first-order chi connectivity index (χ1) is 13.2. The third-order valence-corrected chi connectivity index (χ3v) is 4.58. The Bertz CT molecular complexity index is 944. The number of hydrogen-bond acceptors (Lipinski definition) is 2. The van der Waals surface area contributed by atoms with Gasteiger partial charge in [0.1, 0.15) is 0 Å². The zero-order valence-corrected chi connectivity index (χ0v) is 15.7. The zero-order valence-electron chi connectivity index (χ0n) is 15.7. The summed E-state index contributed by atoms with van der Waals surface area (Å²) in [5.41, 5.74) is 6.49. The summed E-state index contributed by atoms with van der Waals surface area (Å²) in [6.45, 7) is 5.50. The second-order valence-corrected chi connectivity index (χ2v) is 6.78. The highest BCUT2D eigenvalue weighted by molar-refractivity contribution is 5.81. The Balaban J connectivity index is 1.83. The fourth-order valence-electron chi connectivity index (χ4n) is 3.15. The maximum Gasteiger partial charge on any atom is 0.0973 e. The molecule has 3 rings (SSSR count). The molecule has 0 aliphatic rings. The summed E-state index contributed by atoms with van der Waals surface area (Å²) < 4.78 is 12.9. The average molecular weight is 360 g/mol. The summed E-state index contributed by atoms with van der Waals surface area (Å²) in [5, 5.41) is 0. The summed E-state index contributed by atoms with van der Waals surface area (Å²) in [6.07, 6.45) is 12.1. The molecule has 1 aromatic heterocycles. The third-order valence-electron chi connectivity index (χ3n) is 4.58. The van der Waals surface area contributed by atoms with Crippen LogP contribution in [0.5, 0.6) is 0 Å². The molecule has 0 saturated carbocycles. The van der Waals surface area contributed by atoms with Gasteiger partial charge in [-0.25, -0.2) is 4.39 Å². The Morgan fingerprint density at radius 1 is 1.04 bits per heavy atom. The van der Waals surface area contributed by atoms with E-state index in [1.54, 1.807) is 19.3 Å². The minimum atomic E-state index is -0.722. The van der Waals surface area contributed by atoms with Crippen molar-refractivity contribution in [1.82, 2.24) is 9.97 Å². The molecule has 0 spiro atoms. The van der Waals surface area contributed by atoms with E-state index in [9.17, 15) is 4.39 Å². The van der Waals surface area contributed by atoms with E-state index in [2.05, 4.69) is 59.0 Å². The Morgan fingerprint density at radius 3 is 2.56 bits per heavy atom. The lowest BCUT2D eigenvalue weighted by Crippen LogP contribution is -1.91. The summed E-state index contributed by atoms with van der Waals surface area (Å²) in [4.78, 5) is 8.73. The number of hydrogen-bond donors (Lipinski definition) is 0. The molecule has 3 aromatic rings. The minimum Gasteiger partial charge on any atom is -0.253 e. The number of aromatic nitrogens is 2. The van der Waals surface area contributed by atoms with Gasteiger partial charge in [0.05, 0.1) is 17.2 Å². The van der Waals surface area contributed by atoms with Gasteiger partial charge < -0.3 is 0 Å². The Morgan fingerprint density at radius 2 is 1.78 bits per heavy atom. The van der Waals surface area contributed by atoms with Crippen molar-refractivity contribution >= 4 is 17.1 Å². The largest absolute Gasteiger partial charge is 0.253 e. The molecule has 0 bridgehead atoms. The molecule has 0 N–H and O–H groups in total. The first-order valence-electron chi connectivity index (χ1n) is 9.43. The number of rotatable bonds is 8. The van der Waals surface area contributed by atoms with E-state index >= 15 is 0 Å². The lowest BCUT2D eigenvalue weighted by atomic mass is 9.96. The molecule has 2 aromatic carbocycles. The van der Waals surface area contributed by atoms with Crippen LogP contribution < -0.4 is 0 Å².